The molecule has 1 aromatic carbocycles. The quantitative estimate of drug-likeness (QED) is 0.512. The van der Waals surface area contributed by atoms with Gasteiger partial charge in [-0.2, -0.15) is 0 Å². The van der Waals surface area contributed by atoms with Crippen LogP contribution in [0.2, 0.25) is 5.15 Å². The summed E-state index contributed by atoms with van der Waals surface area (Å²) in [5.41, 5.74) is 2.49. The van der Waals surface area contributed by atoms with Gasteiger partial charge in [0.1, 0.15) is 17.0 Å². The van der Waals surface area contributed by atoms with Gasteiger partial charge in [-0.3, -0.25) is 9.78 Å². The van der Waals surface area contributed by atoms with Crippen molar-refractivity contribution in [3.8, 4) is 11.1 Å². The largest absolute Gasteiger partial charge is 0.588 e. The maximum atomic E-state index is 12.4. The molecule has 3 aromatic rings. The summed E-state index contributed by atoms with van der Waals surface area (Å²) in [4.78, 5) is 20.1. The van der Waals surface area contributed by atoms with Gasteiger partial charge in [0, 0.05) is 30.4 Å². The molecule has 0 aliphatic carbocycles. The van der Waals surface area contributed by atoms with Crippen molar-refractivity contribution in [3.63, 3.8) is 0 Å². The lowest BCUT2D eigenvalue weighted by molar-refractivity contribution is -0.114. The molecule has 2 aromatic heterocycles. The molecular weight excluding hydrogens is 372 g/mol. The fraction of sp³-hybridized carbons (Fsp3) is 0.0556. The zero-order chi connectivity index (χ0) is 18.5. The van der Waals surface area contributed by atoms with Crippen LogP contribution in [0.15, 0.2) is 66.0 Å². The van der Waals surface area contributed by atoms with Crippen LogP contribution in [0.4, 0.5) is 11.4 Å². The second-order valence-electron chi connectivity index (χ2n) is 5.39. The standard InChI is InChI=1S/C18H15ClN4O2S/c1-12(24)22-15-7-13(9-20-11-15)14-8-17(18(19)21-10-14)23-26(25)16-5-3-2-4-6-16/h2-11,23H,1H3,(H,22,24). The summed E-state index contributed by atoms with van der Waals surface area (Å²) in [6, 6.07) is 12.5. The van der Waals surface area contributed by atoms with Gasteiger partial charge in [-0.15, -0.1) is 0 Å². The second kappa shape index (κ2) is 8.18. The predicted molar refractivity (Wildman–Crippen MR) is 103 cm³/mol. The van der Waals surface area contributed by atoms with Crippen molar-refractivity contribution in [2.24, 2.45) is 0 Å². The molecule has 2 heterocycles. The molecule has 0 aliphatic rings. The lowest BCUT2D eigenvalue weighted by Crippen LogP contribution is -2.13. The topological polar surface area (TPSA) is 90.0 Å². The van der Waals surface area contributed by atoms with E-state index in [2.05, 4.69) is 20.0 Å². The monoisotopic (exact) mass is 386 g/mol. The van der Waals surface area contributed by atoms with E-state index in [4.69, 9.17) is 11.6 Å². The zero-order valence-electron chi connectivity index (χ0n) is 13.8. The van der Waals surface area contributed by atoms with Crippen LogP contribution in [0.3, 0.4) is 0 Å². The number of benzene rings is 1. The van der Waals surface area contributed by atoms with Gasteiger partial charge in [-0.25, -0.2) is 9.71 Å². The van der Waals surface area contributed by atoms with Gasteiger partial charge >= 0.3 is 0 Å². The molecule has 0 fully saturated rings. The van der Waals surface area contributed by atoms with E-state index in [1.54, 1.807) is 42.9 Å². The van der Waals surface area contributed by atoms with Crippen LogP contribution in [-0.2, 0) is 16.2 Å². The Balaban J connectivity index is 1.87. The maximum Gasteiger partial charge on any atom is 0.221 e. The lowest BCUT2D eigenvalue weighted by atomic mass is 10.1. The van der Waals surface area contributed by atoms with Crippen molar-refractivity contribution in [3.05, 3.63) is 66.2 Å². The number of anilines is 2. The van der Waals surface area contributed by atoms with Crippen LogP contribution < -0.4 is 10.0 Å². The highest BCUT2D eigenvalue weighted by Crippen LogP contribution is 2.29. The number of nitrogens with one attached hydrogen (secondary N) is 2. The molecule has 0 saturated carbocycles. The summed E-state index contributed by atoms with van der Waals surface area (Å²) in [5.74, 6) is -0.182. The number of carbonyl (C=O) groups is 1. The molecule has 132 valence electrons. The van der Waals surface area contributed by atoms with Gasteiger partial charge in [0.05, 0.1) is 11.9 Å². The number of hydrogen-bond acceptors (Lipinski definition) is 5. The van der Waals surface area contributed by atoms with Gasteiger partial charge in [-0.05, 0) is 24.3 Å². The van der Waals surface area contributed by atoms with Gasteiger partial charge < -0.3 is 9.87 Å². The van der Waals surface area contributed by atoms with E-state index in [9.17, 15) is 9.35 Å². The van der Waals surface area contributed by atoms with Crippen molar-refractivity contribution in [2.75, 3.05) is 10.0 Å². The van der Waals surface area contributed by atoms with E-state index < -0.39 is 11.4 Å². The normalized spacial score (nSPS) is 11.7. The molecule has 0 saturated heterocycles. The Morgan fingerprint density at radius 3 is 2.58 bits per heavy atom. The third-order valence-corrected chi connectivity index (χ3v) is 4.80. The molecule has 8 heteroatoms. The van der Waals surface area contributed by atoms with E-state index in [0.717, 1.165) is 11.1 Å². The van der Waals surface area contributed by atoms with Crippen LogP contribution >= 0.6 is 11.6 Å². The molecule has 0 bridgehead atoms. The first kappa shape index (κ1) is 18.2. The number of rotatable bonds is 5. The highest BCUT2D eigenvalue weighted by molar-refractivity contribution is 7.92. The molecule has 0 radical (unpaired) electrons. The Labute approximate surface area is 159 Å². The first-order chi connectivity index (χ1) is 12.5. The summed E-state index contributed by atoms with van der Waals surface area (Å²) in [7, 11) is 0. The van der Waals surface area contributed by atoms with E-state index in [0.29, 0.717) is 16.3 Å². The van der Waals surface area contributed by atoms with Crippen LogP contribution in [0, 0.1) is 0 Å². The summed E-state index contributed by atoms with van der Waals surface area (Å²) < 4.78 is 15.3. The number of hydrogen-bond donors (Lipinski definition) is 2. The van der Waals surface area contributed by atoms with Crippen LogP contribution in [-0.4, -0.2) is 20.4 Å². The molecule has 1 amide bonds. The van der Waals surface area contributed by atoms with Gasteiger partial charge in [0.2, 0.25) is 5.91 Å². The Hall–Kier alpha value is -2.61. The Morgan fingerprint density at radius 2 is 1.85 bits per heavy atom. The molecular formula is C18H15ClN4O2S. The SMILES string of the molecule is CC(=O)Nc1cncc(-c2cnc(Cl)c(N[S+]([O-])c3ccccc3)c2)c1. The van der Waals surface area contributed by atoms with Gasteiger partial charge in [-0.1, -0.05) is 29.8 Å². The lowest BCUT2D eigenvalue weighted by Gasteiger charge is -2.13. The van der Waals surface area contributed by atoms with Crippen LogP contribution in [0.25, 0.3) is 11.1 Å². The minimum Gasteiger partial charge on any atom is -0.588 e. The Morgan fingerprint density at radius 1 is 1.12 bits per heavy atom. The first-order valence-electron chi connectivity index (χ1n) is 7.65. The molecule has 6 nitrogen and oxygen atoms in total. The molecule has 26 heavy (non-hydrogen) atoms. The average Bonchev–Trinajstić information content (AvgIpc) is 2.64. The minimum absolute atomic E-state index is 0.182. The highest BCUT2D eigenvalue weighted by Gasteiger charge is 2.15. The number of pyridine rings is 2. The Bertz CT molecular complexity index is 924. The molecule has 0 aliphatic heterocycles. The van der Waals surface area contributed by atoms with Crippen LogP contribution in [0.1, 0.15) is 6.92 Å². The Kier molecular flexibility index (Phi) is 5.72. The number of aromatic nitrogens is 2. The fourth-order valence-corrected chi connectivity index (χ4v) is 3.33. The van der Waals surface area contributed by atoms with Crippen molar-refractivity contribution in [1.82, 2.24) is 9.97 Å². The molecule has 1 unspecified atom stereocenters. The van der Waals surface area contributed by atoms with Crippen molar-refractivity contribution >= 4 is 40.2 Å². The van der Waals surface area contributed by atoms with E-state index in [1.807, 2.05) is 18.2 Å². The number of amides is 1. The second-order valence-corrected chi connectivity index (χ2v) is 6.96. The van der Waals surface area contributed by atoms with Crippen LogP contribution in [0.5, 0.6) is 0 Å². The third kappa shape index (κ3) is 4.51. The maximum absolute atomic E-state index is 12.4. The van der Waals surface area contributed by atoms with E-state index in [1.165, 1.54) is 6.92 Å². The van der Waals surface area contributed by atoms with E-state index >= 15 is 0 Å². The van der Waals surface area contributed by atoms with Crippen molar-refractivity contribution in [2.45, 2.75) is 11.8 Å². The predicted octanol–water partition coefficient (Wildman–Crippen LogP) is 3.89. The summed E-state index contributed by atoms with van der Waals surface area (Å²) >= 11 is 4.67. The smallest absolute Gasteiger partial charge is 0.221 e. The summed E-state index contributed by atoms with van der Waals surface area (Å²) in [6.07, 6.45) is 4.79. The average molecular weight is 387 g/mol. The minimum atomic E-state index is -1.47. The third-order valence-electron chi connectivity index (χ3n) is 3.39. The zero-order valence-corrected chi connectivity index (χ0v) is 15.3. The summed E-state index contributed by atoms with van der Waals surface area (Å²) in [5, 5.41) is 2.89. The first-order valence-corrected chi connectivity index (χ1v) is 9.18. The van der Waals surface area contributed by atoms with Crippen molar-refractivity contribution in [1.29, 1.82) is 0 Å². The fourth-order valence-electron chi connectivity index (χ4n) is 2.25. The number of halogens is 1. The molecule has 0 spiro atoms. The molecule has 2 N–H and O–H groups in total. The number of nitrogens with zero attached hydrogens (tertiary/aromatic N) is 2. The molecule has 1 atom stereocenters. The van der Waals surface area contributed by atoms with Gasteiger partial charge in [0.25, 0.3) is 0 Å². The summed E-state index contributed by atoms with van der Waals surface area (Å²) in [6.45, 7) is 1.43. The van der Waals surface area contributed by atoms with E-state index in [-0.39, 0.29) is 11.1 Å². The number of carbonyl (C=O) groups excluding carboxylic acids is 1. The van der Waals surface area contributed by atoms with Gasteiger partial charge in [0.15, 0.2) is 10.0 Å². The molecule has 3 rings (SSSR count). The van der Waals surface area contributed by atoms with Crippen molar-refractivity contribution < 1.29 is 9.35 Å². The highest BCUT2D eigenvalue weighted by atomic mass is 35.5.